The first-order chi connectivity index (χ1) is 7.63. The lowest BCUT2D eigenvalue weighted by Gasteiger charge is -2.12. The third-order valence-corrected chi connectivity index (χ3v) is 2.80. The molecule has 0 aliphatic rings. The summed E-state index contributed by atoms with van der Waals surface area (Å²) >= 11 is 9.23. The van der Waals surface area contributed by atoms with E-state index in [1.807, 2.05) is 0 Å². The maximum absolute atomic E-state index is 11.7. The molecule has 0 saturated carbocycles. The van der Waals surface area contributed by atoms with E-state index < -0.39 is 5.97 Å². The molecule has 0 aliphatic heterocycles. The number of hydrogen-bond acceptors (Lipinski definition) is 3. The van der Waals surface area contributed by atoms with Crippen LogP contribution >= 0.6 is 27.5 Å². The smallest absolute Gasteiger partial charge is 0.341 e. The topological polar surface area (TPSA) is 35.5 Å². The summed E-state index contributed by atoms with van der Waals surface area (Å²) in [7, 11) is 1.51. The van der Waals surface area contributed by atoms with Crippen molar-refractivity contribution in [1.82, 2.24) is 0 Å². The van der Waals surface area contributed by atoms with E-state index in [4.69, 9.17) is 21.1 Å². The molecule has 0 bridgehead atoms. The Morgan fingerprint density at radius 2 is 2.19 bits per heavy atom. The van der Waals surface area contributed by atoms with E-state index >= 15 is 0 Å². The maximum atomic E-state index is 11.7. The van der Waals surface area contributed by atoms with E-state index in [2.05, 4.69) is 15.9 Å². The Morgan fingerprint density at radius 1 is 1.50 bits per heavy atom. The monoisotopic (exact) mass is 306 g/mol. The number of halogens is 2. The molecule has 16 heavy (non-hydrogen) atoms. The minimum absolute atomic E-state index is 0.318. The van der Waals surface area contributed by atoms with Crippen LogP contribution in [0.2, 0.25) is 5.02 Å². The minimum Gasteiger partial charge on any atom is -0.496 e. The first-order valence-electron chi connectivity index (χ1n) is 4.73. The lowest BCUT2D eigenvalue weighted by molar-refractivity contribution is 0.0522. The Hall–Kier alpha value is -0.740. The summed E-state index contributed by atoms with van der Waals surface area (Å²) in [5.41, 5.74) is 1.17. The number of hydrogen-bond donors (Lipinski definition) is 0. The first kappa shape index (κ1) is 13.3. The summed E-state index contributed by atoms with van der Waals surface area (Å²) in [6, 6.07) is 3.29. The van der Waals surface area contributed by atoms with Crippen LogP contribution in [-0.4, -0.2) is 19.7 Å². The minimum atomic E-state index is -0.427. The van der Waals surface area contributed by atoms with Gasteiger partial charge in [0.1, 0.15) is 11.3 Å². The van der Waals surface area contributed by atoms with Crippen LogP contribution in [0.4, 0.5) is 0 Å². The zero-order chi connectivity index (χ0) is 12.1. The van der Waals surface area contributed by atoms with Crippen LogP contribution in [0, 0.1) is 0 Å². The van der Waals surface area contributed by atoms with E-state index in [1.54, 1.807) is 19.1 Å². The van der Waals surface area contributed by atoms with Crippen molar-refractivity contribution in [1.29, 1.82) is 0 Å². The fourth-order valence-corrected chi connectivity index (χ4v) is 2.01. The Morgan fingerprint density at radius 3 is 2.69 bits per heavy atom. The molecule has 0 radical (unpaired) electrons. The summed E-state index contributed by atoms with van der Waals surface area (Å²) in [4.78, 5) is 11.7. The molecule has 0 amide bonds. The molecule has 0 atom stereocenters. The quantitative estimate of drug-likeness (QED) is 0.631. The van der Waals surface area contributed by atoms with Gasteiger partial charge in [-0.05, 0) is 19.1 Å². The SMILES string of the molecule is CCOC(=O)c1cc(Cl)cc(CBr)c1OC. The van der Waals surface area contributed by atoms with Gasteiger partial charge in [0.25, 0.3) is 0 Å². The summed E-state index contributed by atoms with van der Waals surface area (Å²) in [6.45, 7) is 2.07. The van der Waals surface area contributed by atoms with Crippen molar-refractivity contribution in [3.05, 3.63) is 28.3 Å². The molecule has 1 rings (SSSR count). The van der Waals surface area contributed by atoms with Gasteiger partial charge in [0.2, 0.25) is 0 Å². The van der Waals surface area contributed by atoms with Crippen molar-refractivity contribution in [3.8, 4) is 5.75 Å². The molecule has 0 aliphatic carbocycles. The standard InChI is InChI=1S/C11H12BrClO3/c1-3-16-11(14)9-5-8(13)4-7(6-12)10(9)15-2/h4-5H,3,6H2,1-2H3. The second-order valence-electron chi connectivity index (χ2n) is 3.00. The Kier molecular flexibility index (Phi) is 5.09. The molecule has 0 N–H and O–H groups in total. The summed E-state index contributed by atoms with van der Waals surface area (Å²) in [5, 5.41) is 1.04. The number of benzene rings is 1. The van der Waals surface area contributed by atoms with Crippen molar-refractivity contribution in [2.75, 3.05) is 13.7 Å². The predicted molar refractivity (Wildman–Crippen MR) is 66.6 cm³/mol. The first-order valence-corrected chi connectivity index (χ1v) is 6.23. The van der Waals surface area contributed by atoms with Gasteiger partial charge in [-0.1, -0.05) is 27.5 Å². The Labute approximate surface area is 108 Å². The van der Waals surface area contributed by atoms with Gasteiger partial charge in [-0.25, -0.2) is 4.79 Å². The molecular formula is C11H12BrClO3. The van der Waals surface area contributed by atoms with Crippen molar-refractivity contribution < 1.29 is 14.3 Å². The number of alkyl halides is 1. The molecule has 1 aromatic rings. The molecule has 3 nitrogen and oxygen atoms in total. The number of rotatable bonds is 4. The van der Waals surface area contributed by atoms with E-state index in [0.717, 1.165) is 5.56 Å². The third kappa shape index (κ3) is 2.89. The highest BCUT2D eigenvalue weighted by Crippen LogP contribution is 2.30. The summed E-state index contributed by atoms with van der Waals surface area (Å²) in [5.74, 6) is 0.0729. The predicted octanol–water partition coefficient (Wildman–Crippen LogP) is 3.42. The maximum Gasteiger partial charge on any atom is 0.341 e. The number of ether oxygens (including phenoxy) is 2. The zero-order valence-corrected chi connectivity index (χ0v) is 11.4. The average molecular weight is 308 g/mol. The van der Waals surface area contributed by atoms with Gasteiger partial charge in [-0.2, -0.15) is 0 Å². The van der Waals surface area contributed by atoms with E-state index in [1.165, 1.54) is 7.11 Å². The van der Waals surface area contributed by atoms with E-state index in [0.29, 0.717) is 28.3 Å². The highest BCUT2D eigenvalue weighted by Gasteiger charge is 2.17. The van der Waals surface area contributed by atoms with Gasteiger partial charge >= 0.3 is 5.97 Å². The second kappa shape index (κ2) is 6.11. The van der Waals surface area contributed by atoms with Crippen molar-refractivity contribution in [2.24, 2.45) is 0 Å². The largest absolute Gasteiger partial charge is 0.496 e. The van der Waals surface area contributed by atoms with Gasteiger partial charge < -0.3 is 9.47 Å². The van der Waals surface area contributed by atoms with Crippen LogP contribution < -0.4 is 4.74 Å². The van der Waals surface area contributed by atoms with Crippen LogP contribution in [0.5, 0.6) is 5.75 Å². The zero-order valence-electron chi connectivity index (χ0n) is 9.05. The highest BCUT2D eigenvalue weighted by molar-refractivity contribution is 9.08. The van der Waals surface area contributed by atoms with Crippen LogP contribution in [0.15, 0.2) is 12.1 Å². The summed E-state index contributed by atoms with van der Waals surface area (Å²) in [6.07, 6.45) is 0. The lowest BCUT2D eigenvalue weighted by atomic mass is 10.1. The molecule has 0 fully saturated rings. The van der Waals surface area contributed by atoms with Crippen LogP contribution in [0.25, 0.3) is 0 Å². The summed E-state index contributed by atoms with van der Waals surface area (Å²) < 4.78 is 10.1. The fraction of sp³-hybridized carbons (Fsp3) is 0.364. The van der Waals surface area contributed by atoms with Gasteiger partial charge in [0.15, 0.2) is 0 Å². The molecule has 0 unspecified atom stereocenters. The molecular weight excluding hydrogens is 295 g/mol. The Bertz CT molecular complexity index is 393. The van der Waals surface area contributed by atoms with Gasteiger partial charge in [0.05, 0.1) is 13.7 Å². The van der Waals surface area contributed by atoms with E-state index in [-0.39, 0.29) is 0 Å². The molecule has 5 heteroatoms. The lowest BCUT2D eigenvalue weighted by Crippen LogP contribution is -2.08. The van der Waals surface area contributed by atoms with Gasteiger partial charge in [-0.15, -0.1) is 0 Å². The van der Waals surface area contributed by atoms with Crippen molar-refractivity contribution >= 4 is 33.5 Å². The molecule has 88 valence electrons. The molecule has 1 aromatic carbocycles. The molecule has 0 spiro atoms. The number of carbonyl (C=O) groups excluding carboxylic acids is 1. The van der Waals surface area contributed by atoms with Crippen LogP contribution in [0.1, 0.15) is 22.8 Å². The molecule has 0 saturated heterocycles. The molecule has 0 heterocycles. The Balaban J connectivity index is 3.24. The van der Waals surface area contributed by atoms with Crippen molar-refractivity contribution in [2.45, 2.75) is 12.3 Å². The van der Waals surface area contributed by atoms with E-state index in [9.17, 15) is 4.79 Å². The van der Waals surface area contributed by atoms with Crippen molar-refractivity contribution in [3.63, 3.8) is 0 Å². The average Bonchev–Trinajstić information content (AvgIpc) is 2.28. The highest BCUT2D eigenvalue weighted by atomic mass is 79.9. The van der Waals surface area contributed by atoms with Crippen LogP contribution in [0.3, 0.4) is 0 Å². The number of esters is 1. The van der Waals surface area contributed by atoms with Gasteiger partial charge in [0, 0.05) is 15.9 Å². The third-order valence-electron chi connectivity index (χ3n) is 1.97. The normalized spacial score (nSPS) is 10.0. The van der Waals surface area contributed by atoms with Gasteiger partial charge in [-0.3, -0.25) is 0 Å². The van der Waals surface area contributed by atoms with Crippen LogP contribution in [-0.2, 0) is 10.1 Å². The number of methoxy groups -OCH3 is 1. The second-order valence-corrected chi connectivity index (χ2v) is 4.00. The fourth-order valence-electron chi connectivity index (χ4n) is 1.35. The number of carbonyl (C=O) groups is 1. The molecule has 0 aromatic heterocycles.